The number of hydrogen-bond donors (Lipinski definition) is 2. The summed E-state index contributed by atoms with van der Waals surface area (Å²) >= 11 is 0. The first-order chi connectivity index (χ1) is 7.45. The lowest BCUT2D eigenvalue weighted by Gasteiger charge is -2.02. The number of anilines is 1. The first-order valence-electron chi connectivity index (χ1n) is 4.14. The van der Waals surface area contributed by atoms with Gasteiger partial charge in [0, 0.05) is 0 Å². The normalized spacial score (nSPS) is 9.44. The van der Waals surface area contributed by atoms with E-state index in [0.29, 0.717) is 0 Å². The van der Waals surface area contributed by atoms with Crippen LogP contribution in [0.5, 0.6) is 0 Å². The molecule has 0 amide bonds. The molecule has 0 saturated carbocycles. The second kappa shape index (κ2) is 4.27. The van der Waals surface area contributed by atoms with Gasteiger partial charge in [-0.05, 0) is 17.7 Å². The second-order valence-corrected chi connectivity index (χ2v) is 3.02. The molecule has 1 aromatic rings. The Morgan fingerprint density at radius 1 is 1.62 bits per heavy atom. The van der Waals surface area contributed by atoms with Gasteiger partial charge in [-0.3, -0.25) is 14.9 Å². The van der Waals surface area contributed by atoms with E-state index in [1.54, 1.807) is 6.07 Å². The highest BCUT2D eigenvalue weighted by atomic mass is 16.6. The van der Waals surface area contributed by atoms with Crippen molar-refractivity contribution in [2.24, 2.45) is 0 Å². The molecule has 0 fully saturated rings. The summed E-state index contributed by atoms with van der Waals surface area (Å²) in [6.45, 7) is 0. The van der Waals surface area contributed by atoms with Gasteiger partial charge in [-0.25, -0.2) is 0 Å². The van der Waals surface area contributed by atoms with Gasteiger partial charge in [0.1, 0.15) is 17.3 Å². The zero-order chi connectivity index (χ0) is 12.3. The van der Waals surface area contributed by atoms with Crippen LogP contribution in [-0.4, -0.2) is 16.0 Å². The molecular formula is C9H7N3O4. The number of aliphatic carboxylic acids is 1. The van der Waals surface area contributed by atoms with Gasteiger partial charge in [0.05, 0.1) is 11.3 Å². The Morgan fingerprint density at radius 3 is 2.69 bits per heavy atom. The number of rotatable bonds is 3. The van der Waals surface area contributed by atoms with Crippen LogP contribution < -0.4 is 5.73 Å². The monoisotopic (exact) mass is 221 g/mol. The molecule has 0 saturated heterocycles. The number of nitrogens with two attached hydrogens (primary N) is 1. The van der Waals surface area contributed by atoms with E-state index >= 15 is 0 Å². The summed E-state index contributed by atoms with van der Waals surface area (Å²) in [5.74, 6) is -1.10. The third kappa shape index (κ3) is 2.24. The SMILES string of the molecule is N#Cc1cc(CC(=O)O)cc(N)c1[N+](=O)[O-]. The standard InChI is InChI=1S/C9H7N3O4/c10-4-6-1-5(3-8(13)14)2-7(11)9(6)12(15)16/h1-2H,3,11H2,(H,13,14). The van der Waals surface area contributed by atoms with Crippen LogP contribution in [0.25, 0.3) is 0 Å². The zero-order valence-electron chi connectivity index (χ0n) is 8.01. The Balaban J connectivity index is 3.33. The van der Waals surface area contributed by atoms with Crippen LogP contribution >= 0.6 is 0 Å². The summed E-state index contributed by atoms with van der Waals surface area (Å²) < 4.78 is 0. The fourth-order valence-electron chi connectivity index (χ4n) is 1.28. The van der Waals surface area contributed by atoms with Gasteiger partial charge in [0.15, 0.2) is 0 Å². The number of nitrogens with zero attached hydrogens (tertiary/aromatic N) is 2. The molecule has 0 aliphatic rings. The van der Waals surface area contributed by atoms with Crippen LogP contribution in [0, 0.1) is 21.4 Å². The van der Waals surface area contributed by atoms with Crippen molar-refractivity contribution in [1.29, 1.82) is 5.26 Å². The molecule has 0 bridgehead atoms. The molecule has 7 nitrogen and oxygen atoms in total. The highest BCUT2D eigenvalue weighted by Gasteiger charge is 2.19. The predicted octanol–water partition coefficient (Wildman–Crippen LogP) is 0.676. The highest BCUT2D eigenvalue weighted by Crippen LogP contribution is 2.27. The molecule has 7 heteroatoms. The average molecular weight is 221 g/mol. The molecular weight excluding hydrogens is 214 g/mol. The van der Waals surface area contributed by atoms with Crippen LogP contribution in [0.3, 0.4) is 0 Å². The van der Waals surface area contributed by atoms with Crippen molar-refractivity contribution >= 4 is 17.3 Å². The smallest absolute Gasteiger partial charge is 0.309 e. The van der Waals surface area contributed by atoms with E-state index < -0.39 is 16.6 Å². The average Bonchev–Trinajstić information content (AvgIpc) is 2.14. The maximum absolute atomic E-state index is 10.6. The van der Waals surface area contributed by atoms with Gasteiger partial charge < -0.3 is 10.8 Å². The summed E-state index contributed by atoms with van der Waals surface area (Å²) in [5.41, 5.74) is 4.71. The lowest BCUT2D eigenvalue weighted by atomic mass is 10.1. The maximum atomic E-state index is 10.6. The maximum Gasteiger partial charge on any atom is 0.309 e. The number of nitriles is 1. The van der Waals surface area contributed by atoms with E-state index in [0.717, 1.165) is 6.07 Å². The van der Waals surface area contributed by atoms with Crippen LogP contribution in [0.1, 0.15) is 11.1 Å². The van der Waals surface area contributed by atoms with Gasteiger partial charge in [-0.15, -0.1) is 0 Å². The number of benzene rings is 1. The minimum absolute atomic E-state index is 0.208. The summed E-state index contributed by atoms with van der Waals surface area (Å²) in [6.07, 6.45) is -0.336. The first-order valence-corrected chi connectivity index (χ1v) is 4.14. The van der Waals surface area contributed by atoms with Crippen LogP contribution in [0.4, 0.5) is 11.4 Å². The van der Waals surface area contributed by atoms with Gasteiger partial charge in [-0.2, -0.15) is 5.26 Å². The largest absolute Gasteiger partial charge is 0.481 e. The van der Waals surface area contributed by atoms with Crippen LogP contribution in [0.15, 0.2) is 12.1 Å². The summed E-state index contributed by atoms with van der Waals surface area (Å²) in [4.78, 5) is 20.3. The molecule has 0 aromatic heterocycles. The Morgan fingerprint density at radius 2 is 2.25 bits per heavy atom. The van der Waals surface area contributed by atoms with Gasteiger partial charge in [-0.1, -0.05) is 0 Å². The van der Waals surface area contributed by atoms with E-state index in [4.69, 9.17) is 16.1 Å². The van der Waals surface area contributed by atoms with Crippen molar-refractivity contribution in [1.82, 2.24) is 0 Å². The lowest BCUT2D eigenvalue weighted by molar-refractivity contribution is -0.384. The van der Waals surface area contributed by atoms with Crippen molar-refractivity contribution in [3.63, 3.8) is 0 Å². The Labute approximate surface area is 89.9 Å². The van der Waals surface area contributed by atoms with Crippen molar-refractivity contribution in [3.05, 3.63) is 33.4 Å². The molecule has 0 aliphatic carbocycles. The van der Waals surface area contributed by atoms with E-state index in [1.165, 1.54) is 6.07 Å². The zero-order valence-corrected chi connectivity index (χ0v) is 8.01. The third-order valence-corrected chi connectivity index (χ3v) is 1.86. The van der Waals surface area contributed by atoms with E-state index in [2.05, 4.69) is 0 Å². The number of nitro benzene ring substituents is 1. The van der Waals surface area contributed by atoms with Crippen molar-refractivity contribution in [3.8, 4) is 6.07 Å². The molecule has 0 aliphatic heterocycles. The molecule has 0 heterocycles. The minimum Gasteiger partial charge on any atom is -0.481 e. The van der Waals surface area contributed by atoms with Gasteiger partial charge in [0.25, 0.3) is 0 Å². The first kappa shape index (κ1) is 11.5. The number of nitrogen functional groups attached to an aromatic ring is 1. The number of carboxylic acid groups (broad SMARTS) is 1. The van der Waals surface area contributed by atoms with Crippen LogP contribution in [0.2, 0.25) is 0 Å². The molecule has 0 unspecified atom stereocenters. The number of carboxylic acids is 1. The highest BCUT2D eigenvalue weighted by molar-refractivity contribution is 5.74. The van der Waals surface area contributed by atoms with Crippen molar-refractivity contribution < 1.29 is 14.8 Å². The second-order valence-electron chi connectivity index (χ2n) is 3.02. The Bertz CT molecular complexity index is 504. The van der Waals surface area contributed by atoms with Crippen LogP contribution in [-0.2, 0) is 11.2 Å². The minimum atomic E-state index is -1.10. The van der Waals surface area contributed by atoms with E-state index in [-0.39, 0.29) is 23.2 Å². The Kier molecular flexibility index (Phi) is 3.06. The molecule has 1 rings (SSSR count). The summed E-state index contributed by atoms with van der Waals surface area (Å²) in [6, 6.07) is 3.96. The lowest BCUT2D eigenvalue weighted by Crippen LogP contribution is -2.04. The summed E-state index contributed by atoms with van der Waals surface area (Å²) in [7, 11) is 0. The fraction of sp³-hybridized carbons (Fsp3) is 0.111. The Hall–Kier alpha value is -2.62. The topological polar surface area (TPSA) is 130 Å². The van der Waals surface area contributed by atoms with Gasteiger partial charge in [0.2, 0.25) is 0 Å². The molecule has 0 radical (unpaired) electrons. The molecule has 0 spiro atoms. The van der Waals surface area contributed by atoms with E-state index in [1.807, 2.05) is 0 Å². The molecule has 1 aromatic carbocycles. The molecule has 16 heavy (non-hydrogen) atoms. The summed E-state index contributed by atoms with van der Waals surface area (Å²) in [5, 5.41) is 27.8. The third-order valence-electron chi connectivity index (χ3n) is 1.86. The fourth-order valence-corrected chi connectivity index (χ4v) is 1.28. The van der Waals surface area contributed by atoms with Crippen molar-refractivity contribution in [2.45, 2.75) is 6.42 Å². The number of hydrogen-bond acceptors (Lipinski definition) is 5. The predicted molar refractivity (Wildman–Crippen MR) is 53.6 cm³/mol. The quantitative estimate of drug-likeness (QED) is 0.438. The molecule has 0 atom stereocenters. The number of nitro groups is 1. The van der Waals surface area contributed by atoms with Crippen molar-refractivity contribution in [2.75, 3.05) is 5.73 Å². The molecule has 3 N–H and O–H groups in total. The molecule has 82 valence electrons. The number of carbonyl (C=O) groups is 1. The van der Waals surface area contributed by atoms with E-state index in [9.17, 15) is 14.9 Å². The van der Waals surface area contributed by atoms with Gasteiger partial charge >= 0.3 is 11.7 Å².